The molecule has 2 aromatic rings. The number of esters is 1. The molecule has 0 saturated carbocycles. The van der Waals surface area contributed by atoms with Crippen molar-refractivity contribution >= 4 is 23.2 Å². The molecule has 0 bridgehead atoms. The van der Waals surface area contributed by atoms with Crippen molar-refractivity contribution in [2.45, 2.75) is 33.2 Å². The summed E-state index contributed by atoms with van der Waals surface area (Å²) in [5.74, 6) is -0.751. The zero-order valence-corrected chi connectivity index (χ0v) is 14.4. The van der Waals surface area contributed by atoms with Crippen molar-refractivity contribution in [1.29, 1.82) is 0 Å². The van der Waals surface area contributed by atoms with E-state index in [0.29, 0.717) is 4.88 Å². The molecule has 1 heterocycles. The standard InChI is InChI=1S/C18H21NO3S/c1-4-14-10-16(23-13(14)3)18(21)22-11-17(20)19-12(2)15-8-6-5-7-9-15/h5-10,12H,4,11H2,1-3H3,(H,19,20)/t12-/m1/s1. The van der Waals surface area contributed by atoms with E-state index in [1.807, 2.05) is 57.2 Å². The predicted molar refractivity (Wildman–Crippen MR) is 91.7 cm³/mol. The SMILES string of the molecule is CCc1cc(C(=O)OCC(=O)N[C@H](C)c2ccccc2)sc1C. The summed E-state index contributed by atoms with van der Waals surface area (Å²) in [5, 5.41) is 2.82. The summed E-state index contributed by atoms with van der Waals surface area (Å²) >= 11 is 1.40. The number of carbonyl (C=O) groups is 2. The molecule has 0 aliphatic heterocycles. The molecule has 0 spiro atoms. The summed E-state index contributed by atoms with van der Waals surface area (Å²) in [6.45, 7) is 5.65. The lowest BCUT2D eigenvalue weighted by Crippen LogP contribution is -2.31. The molecule has 2 rings (SSSR count). The van der Waals surface area contributed by atoms with Gasteiger partial charge >= 0.3 is 5.97 Å². The number of aryl methyl sites for hydroxylation is 2. The Morgan fingerprint density at radius 1 is 1.26 bits per heavy atom. The fraction of sp³-hybridized carbons (Fsp3) is 0.333. The van der Waals surface area contributed by atoms with Gasteiger partial charge in [0.05, 0.1) is 6.04 Å². The Labute approximate surface area is 140 Å². The van der Waals surface area contributed by atoms with Crippen molar-refractivity contribution in [3.05, 3.63) is 57.3 Å². The molecule has 0 unspecified atom stereocenters. The predicted octanol–water partition coefficient (Wildman–Crippen LogP) is 3.65. The van der Waals surface area contributed by atoms with Crippen LogP contribution in [0.4, 0.5) is 0 Å². The molecule has 1 N–H and O–H groups in total. The number of nitrogens with one attached hydrogen (secondary N) is 1. The smallest absolute Gasteiger partial charge is 0.348 e. The van der Waals surface area contributed by atoms with Crippen LogP contribution in [-0.2, 0) is 16.0 Å². The van der Waals surface area contributed by atoms with Gasteiger partial charge in [-0.15, -0.1) is 11.3 Å². The molecule has 0 saturated heterocycles. The van der Waals surface area contributed by atoms with Crippen LogP contribution in [0.25, 0.3) is 0 Å². The van der Waals surface area contributed by atoms with Crippen molar-refractivity contribution in [3.8, 4) is 0 Å². The van der Waals surface area contributed by atoms with Gasteiger partial charge in [-0.2, -0.15) is 0 Å². The van der Waals surface area contributed by atoms with Crippen molar-refractivity contribution in [1.82, 2.24) is 5.32 Å². The average Bonchev–Trinajstić information content (AvgIpc) is 2.94. The molecule has 1 amide bonds. The fourth-order valence-corrected chi connectivity index (χ4v) is 3.29. The number of benzene rings is 1. The number of carbonyl (C=O) groups excluding carboxylic acids is 2. The third-order valence-electron chi connectivity index (χ3n) is 3.61. The van der Waals surface area contributed by atoms with Crippen molar-refractivity contribution in [2.75, 3.05) is 6.61 Å². The zero-order chi connectivity index (χ0) is 16.8. The van der Waals surface area contributed by atoms with E-state index in [9.17, 15) is 9.59 Å². The molecule has 5 heteroatoms. The van der Waals surface area contributed by atoms with Crippen LogP contribution < -0.4 is 5.32 Å². The minimum Gasteiger partial charge on any atom is -0.451 e. The second-order valence-corrected chi connectivity index (χ2v) is 6.58. The van der Waals surface area contributed by atoms with Gasteiger partial charge in [0.25, 0.3) is 5.91 Å². The lowest BCUT2D eigenvalue weighted by Gasteiger charge is -2.14. The fourth-order valence-electron chi connectivity index (χ4n) is 2.28. The summed E-state index contributed by atoms with van der Waals surface area (Å²) in [5.41, 5.74) is 2.15. The molecule has 1 aromatic carbocycles. The van der Waals surface area contributed by atoms with E-state index in [-0.39, 0.29) is 18.6 Å². The molecule has 0 aliphatic carbocycles. The molecule has 0 fully saturated rings. The van der Waals surface area contributed by atoms with Gasteiger partial charge < -0.3 is 10.1 Å². The zero-order valence-electron chi connectivity index (χ0n) is 13.6. The number of hydrogen-bond donors (Lipinski definition) is 1. The Kier molecular flexibility index (Phi) is 5.93. The number of thiophene rings is 1. The van der Waals surface area contributed by atoms with Crippen molar-refractivity contribution in [2.24, 2.45) is 0 Å². The Balaban J connectivity index is 1.85. The second-order valence-electron chi connectivity index (χ2n) is 5.32. The monoisotopic (exact) mass is 331 g/mol. The van der Waals surface area contributed by atoms with Crippen LogP contribution in [0.2, 0.25) is 0 Å². The number of ether oxygens (including phenoxy) is 1. The average molecular weight is 331 g/mol. The maximum absolute atomic E-state index is 12.0. The highest BCUT2D eigenvalue weighted by atomic mass is 32.1. The van der Waals surface area contributed by atoms with Crippen LogP contribution in [0.3, 0.4) is 0 Å². The van der Waals surface area contributed by atoms with Gasteiger partial charge in [0.15, 0.2) is 6.61 Å². The van der Waals surface area contributed by atoms with Gasteiger partial charge in [-0.3, -0.25) is 4.79 Å². The van der Waals surface area contributed by atoms with Gasteiger partial charge in [-0.25, -0.2) is 4.79 Å². The minimum absolute atomic E-state index is 0.127. The van der Waals surface area contributed by atoms with Crippen LogP contribution in [0.15, 0.2) is 36.4 Å². The largest absolute Gasteiger partial charge is 0.451 e. The van der Waals surface area contributed by atoms with E-state index in [2.05, 4.69) is 5.32 Å². The Hall–Kier alpha value is -2.14. The first kappa shape index (κ1) is 17.2. The van der Waals surface area contributed by atoms with E-state index < -0.39 is 5.97 Å². The molecule has 23 heavy (non-hydrogen) atoms. The Morgan fingerprint density at radius 2 is 1.96 bits per heavy atom. The first-order valence-electron chi connectivity index (χ1n) is 7.62. The quantitative estimate of drug-likeness (QED) is 0.822. The van der Waals surface area contributed by atoms with E-state index in [1.54, 1.807) is 0 Å². The highest BCUT2D eigenvalue weighted by Gasteiger charge is 2.15. The third-order valence-corrected chi connectivity index (χ3v) is 4.69. The molecular weight excluding hydrogens is 310 g/mol. The first-order chi connectivity index (χ1) is 11.0. The lowest BCUT2D eigenvalue weighted by molar-refractivity contribution is -0.124. The maximum atomic E-state index is 12.0. The highest BCUT2D eigenvalue weighted by molar-refractivity contribution is 7.14. The van der Waals surface area contributed by atoms with Crippen molar-refractivity contribution < 1.29 is 14.3 Å². The number of amides is 1. The third kappa shape index (κ3) is 4.66. The number of hydrogen-bond acceptors (Lipinski definition) is 4. The first-order valence-corrected chi connectivity index (χ1v) is 8.43. The van der Waals surface area contributed by atoms with Crippen LogP contribution >= 0.6 is 11.3 Å². The molecule has 0 radical (unpaired) electrons. The summed E-state index contributed by atoms with van der Waals surface area (Å²) < 4.78 is 5.10. The summed E-state index contributed by atoms with van der Waals surface area (Å²) in [7, 11) is 0. The molecule has 0 aliphatic rings. The van der Waals surface area contributed by atoms with Gasteiger partial charge in [-0.1, -0.05) is 37.3 Å². The van der Waals surface area contributed by atoms with E-state index in [4.69, 9.17) is 4.74 Å². The van der Waals surface area contributed by atoms with Crippen LogP contribution in [0, 0.1) is 6.92 Å². The maximum Gasteiger partial charge on any atom is 0.348 e. The second kappa shape index (κ2) is 7.92. The summed E-state index contributed by atoms with van der Waals surface area (Å²) in [4.78, 5) is 25.6. The van der Waals surface area contributed by atoms with E-state index in [1.165, 1.54) is 11.3 Å². The molecule has 1 aromatic heterocycles. The lowest BCUT2D eigenvalue weighted by atomic mass is 10.1. The van der Waals surface area contributed by atoms with E-state index >= 15 is 0 Å². The highest BCUT2D eigenvalue weighted by Crippen LogP contribution is 2.22. The molecule has 122 valence electrons. The van der Waals surface area contributed by atoms with Gasteiger partial charge in [0.1, 0.15) is 4.88 Å². The van der Waals surface area contributed by atoms with Crippen molar-refractivity contribution in [3.63, 3.8) is 0 Å². The number of rotatable bonds is 6. The summed E-state index contributed by atoms with van der Waals surface area (Å²) in [6, 6.07) is 11.4. The van der Waals surface area contributed by atoms with Gasteiger partial charge in [-0.05, 0) is 37.5 Å². The Bertz CT molecular complexity index is 679. The van der Waals surface area contributed by atoms with E-state index in [0.717, 1.165) is 22.4 Å². The molecule has 4 nitrogen and oxygen atoms in total. The summed E-state index contributed by atoms with van der Waals surface area (Å²) in [6.07, 6.45) is 0.880. The van der Waals surface area contributed by atoms with Crippen LogP contribution in [0.5, 0.6) is 0 Å². The molecule has 1 atom stereocenters. The molecular formula is C18H21NO3S. The van der Waals surface area contributed by atoms with Crippen LogP contribution in [-0.4, -0.2) is 18.5 Å². The van der Waals surface area contributed by atoms with Gasteiger partial charge in [0, 0.05) is 4.88 Å². The van der Waals surface area contributed by atoms with Gasteiger partial charge in [0.2, 0.25) is 0 Å². The van der Waals surface area contributed by atoms with Crippen LogP contribution in [0.1, 0.15) is 45.6 Å². The topological polar surface area (TPSA) is 55.4 Å². The Morgan fingerprint density at radius 3 is 2.57 bits per heavy atom. The minimum atomic E-state index is -0.444. The normalized spacial score (nSPS) is 11.8.